The first-order chi connectivity index (χ1) is 3.95. The number of alkyl halides is 3. The van der Waals surface area contributed by atoms with Gasteiger partial charge in [-0.3, -0.25) is 0 Å². The van der Waals surface area contributed by atoms with Crippen molar-refractivity contribution >= 4 is 34.8 Å². The van der Waals surface area contributed by atoms with E-state index >= 15 is 0 Å². The van der Waals surface area contributed by atoms with Gasteiger partial charge in [-0.2, -0.15) is 0 Å². The molecule has 0 spiro atoms. The summed E-state index contributed by atoms with van der Waals surface area (Å²) in [6.07, 6.45) is 1.27. The second kappa shape index (κ2) is 3.87. The van der Waals surface area contributed by atoms with E-state index in [2.05, 4.69) is 0 Å². The van der Waals surface area contributed by atoms with Crippen molar-refractivity contribution in [2.24, 2.45) is 5.73 Å². The van der Waals surface area contributed by atoms with Crippen LogP contribution in [0, 0.1) is 0 Å². The van der Waals surface area contributed by atoms with Gasteiger partial charge in [-0.15, -0.1) is 0 Å². The molecule has 56 valence electrons. The number of rotatable bonds is 2. The standard InChI is InChI=1S/C5H10Cl3N/c1-2-4(9)3-5(6,7)8/h4H,2-3,9H2,1H3. The molecule has 1 atom stereocenters. The minimum Gasteiger partial charge on any atom is -0.328 e. The normalized spacial score (nSPS) is 15.7. The third-order valence-electron chi connectivity index (χ3n) is 1.02. The zero-order valence-electron chi connectivity index (χ0n) is 5.20. The van der Waals surface area contributed by atoms with E-state index in [1.54, 1.807) is 0 Å². The molecule has 9 heavy (non-hydrogen) atoms. The van der Waals surface area contributed by atoms with Crippen LogP contribution in [0.1, 0.15) is 19.8 Å². The van der Waals surface area contributed by atoms with Crippen LogP contribution in [0.5, 0.6) is 0 Å². The van der Waals surface area contributed by atoms with E-state index < -0.39 is 3.79 Å². The molecular weight excluding hydrogens is 180 g/mol. The molecule has 0 rings (SSSR count). The fourth-order valence-corrected chi connectivity index (χ4v) is 1.04. The summed E-state index contributed by atoms with van der Waals surface area (Å²) in [4.78, 5) is 0. The van der Waals surface area contributed by atoms with Crippen molar-refractivity contribution in [3.05, 3.63) is 0 Å². The highest BCUT2D eigenvalue weighted by Gasteiger charge is 2.21. The summed E-state index contributed by atoms with van der Waals surface area (Å²) < 4.78 is -1.19. The van der Waals surface area contributed by atoms with Gasteiger partial charge in [0.05, 0.1) is 0 Å². The zero-order valence-corrected chi connectivity index (χ0v) is 7.47. The van der Waals surface area contributed by atoms with Crippen molar-refractivity contribution in [3.63, 3.8) is 0 Å². The number of nitrogens with two attached hydrogens (primary N) is 1. The summed E-state index contributed by atoms with van der Waals surface area (Å²) in [6, 6.07) is -0.00231. The molecule has 0 aromatic rings. The molecule has 0 amide bonds. The number of hydrogen-bond acceptors (Lipinski definition) is 1. The average molecular weight is 191 g/mol. The van der Waals surface area contributed by atoms with Gasteiger partial charge in [0.15, 0.2) is 3.79 Å². The predicted octanol–water partition coefficient (Wildman–Crippen LogP) is 2.48. The van der Waals surface area contributed by atoms with Gasteiger partial charge in [0.2, 0.25) is 0 Å². The van der Waals surface area contributed by atoms with Gasteiger partial charge >= 0.3 is 0 Å². The maximum atomic E-state index is 5.51. The van der Waals surface area contributed by atoms with Crippen LogP contribution in [-0.2, 0) is 0 Å². The lowest BCUT2D eigenvalue weighted by Gasteiger charge is -2.14. The Bertz CT molecular complexity index is 78.8. The Kier molecular flexibility index (Phi) is 4.22. The van der Waals surface area contributed by atoms with Crippen LogP contribution < -0.4 is 5.73 Å². The van der Waals surface area contributed by atoms with Crippen molar-refractivity contribution in [2.75, 3.05) is 0 Å². The molecule has 0 aromatic carbocycles. The van der Waals surface area contributed by atoms with Gasteiger partial charge in [0, 0.05) is 12.5 Å². The van der Waals surface area contributed by atoms with Crippen LogP contribution in [0.3, 0.4) is 0 Å². The van der Waals surface area contributed by atoms with Gasteiger partial charge in [0.1, 0.15) is 0 Å². The van der Waals surface area contributed by atoms with Gasteiger partial charge < -0.3 is 5.73 Å². The van der Waals surface area contributed by atoms with E-state index in [1.165, 1.54) is 0 Å². The molecule has 0 heterocycles. The molecule has 2 N–H and O–H groups in total. The summed E-state index contributed by atoms with van der Waals surface area (Å²) in [5.74, 6) is 0. The average Bonchev–Trinajstić information content (AvgIpc) is 1.62. The van der Waals surface area contributed by atoms with Crippen molar-refractivity contribution in [2.45, 2.75) is 29.6 Å². The first kappa shape index (κ1) is 9.83. The largest absolute Gasteiger partial charge is 0.328 e. The molecule has 0 saturated heterocycles. The monoisotopic (exact) mass is 189 g/mol. The van der Waals surface area contributed by atoms with Crippen molar-refractivity contribution in [1.82, 2.24) is 0 Å². The summed E-state index contributed by atoms with van der Waals surface area (Å²) in [5.41, 5.74) is 5.51. The second-order valence-corrected chi connectivity index (χ2v) is 4.50. The smallest absolute Gasteiger partial charge is 0.192 e. The van der Waals surface area contributed by atoms with E-state index in [4.69, 9.17) is 40.5 Å². The third kappa shape index (κ3) is 6.72. The summed E-state index contributed by atoms with van der Waals surface area (Å²) in [7, 11) is 0. The summed E-state index contributed by atoms with van der Waals surface area (Å²) in [6.45, 7) is 1.96. The topological polar surface area (TPSA) is 26.0 Å². The molecule has 0 aliphatic heterocycles. The van der Waals surface area contributed by atoms with Gasteiger partial charge in [0.25, 0.3) is 0 Å². The summed E-state index contributed by atoms with van der Waals surface area (Å²) >= 11 is 16.4. The highest BCUT2D eigenvalue weighted by Crippen LogP contribution is 2.31. The van der Waals surface area contributed by atoms with E-state index in [0.29, 0.717) is 6.42 Å². The molecule has 0 radical (unpaired) electrons. The van der Waals surface area contributed by atoms with Gasteiger partial charge in [-0.05, 0) is 6.42 Å². The molecular formula is C5H10Cl3N. The molecule has 0 aliphatic rings. The Labute approximate surface area is 70.4 Å². The Balaban J connectivity index is 3.47. The van der Waals surface area contributed by atoms with Crippen molar-refractivity contribution in [3.8, 4) is 0 Å². The first-order valence-corrected chi connectivity index (χ1v) is 3.91. The third-order valence-corrected chi connectivity index (χ3v) is 1.48. The zero-order chi connectivity index (χ0) is 7.49. The molecule has 0 saturated carbocycles. The van der Waals surface area contributed by atoms with Crippen molar-refractivity contribution in [1.29, 1.82) is 0 Å². The maximum Gasteiger partial charge on any atom is 0.192 e. The highest BCUT2D eigenvalue weighted by molar-refractivity contribution is 6.67. The highest BCUT2D eigenvalue weighted by atomic mass is 35.6. The maximum absolute atomic E-state index is 5.51. The van der Waals surface area contributed by atoms with Crippen LogP contribution in [0.15, 0.2) is 0 Å². The van der Waals surface area contributed by atoms with Crippen molar-refractivity contribution < 1.29 is 0 Å². The van der Waals surface area contributed by atoms with Crippen LogP contribution in [0.25, 0.3) is 0 Å². The Morgan fingerprint density at radius 3 is 2.00 bits per heavy atom. The lowest BCUT2D eigenvalue weighted by Crippen LogP contribution is -2.24. The molecule has 0 bridgehead atoms. The quantitative estimate of drug-likeness (QED) is 0.665. The Morgan fingerprint density at radius 1 is 1.44 bits per heavy atom. The van der Waals surface area contributed by atoms with Gasteiger partial charge in [-0.1, -0.05) is 41.7 Å². The van der Waals surface area contributed by atoms with Crippen LogP contribution in [0.4, 0.5) is 0 Å². The minimum absolute atomic E-state index is 0.00231. The Morgan fingerprint density at radius 2 is 1.89 bits per heavy atom. The fraction of sp³-hybridized carbons (Fsp3) is 1.00. The summed E-state index contributed by atoms with van der Waals surface area (Å²) in [5, 5.41) is 0. The molecule has 0 fully saturated rings. The first-order valence-electron chi connectivity index (χ1n) is 2.78. The molecule has 1 nitrogen and oxygen atoms in total. The van der Waals surface area contributed by atoms with E-state index in [-0.39, 0.29) is 6.04 Å². The van der Waals surface area contributed by atoms with Crippen LogP contribution in [-0.4, -0.2) is 9.83 Å². The lowest BCUT2D eigenvalue weighted by molar-refractivity contribution is 0.605. The van der Waals surface area contributed by atoms with E-state index in [1.807, 2.05) is 6.92 Å². The second-order valence-electron chi connectivity index (χ2n) is 1.99. The fourth-order valence-electron chi connectivity index (χ4n) is 0.442. The van der Waals surface area contributed by atoms with Gasteiger partial charge in [-0.25, -0.2) is 0 Å². The Hall–Kier alpha value is 0.830. The van der Waals surface area contributed by atoms with Crippen LogP contribution >= 0.6 is 34.8 Å². The lowest BCUT2D eigenvalue weighted by atomic mass is 10.2. The predicted molar refractivity (Wildman–Crippen MR) is 43.2 cm³/mol. The SMILES string of the molecule is CCC(N)CC(Cl)(Cl)Cl. The molecule has 0 aromatic heterocycles. The minimum atomic E-state index is -1.19. The number of hydrogen-bond donors (Lipinski definition) is 1. The molecule has 0 aliphatic carbocycles. The molecule has 4 heteroatoms. The molecule has 1 unspecified atom stereocenters. The van der Waals surface area contributed by atoms with E-state index in [0.717, 1.165) is 6.42 Å². The van der Waals surface area contributed by atoms with Crippen LogP contribution in [0.2, 0.25) is 0 Å². The van der Waals surface area contributed by atoms with E-state index in [9.17, 15) is 0 Å². The number of halogens is 3.